The SMILES string of the molecule is CCc1nc(-c2ncc(-c3ccc(OC)cc3)o2)c2sccc2n1. The van der Waals surface area contributed by atoms with E-state index in [1.165, 1.54) is 0 Å². The molecule has 3 heterocycles. The van der Waals surface area contributed by atoms with Crippen molar-refractivity contribution in [2.75, 3.05) is 7.11 Å². The van der Waals surface area contributed by atoms with Gasteiger partial charge in [-0.25, -0.2) is 15.0 Å². The van der Waals surface area contributed by atoms with E-state index in [1.807, 2.05) is 42.6 Å². The van der Waals surface area contributed by atoms with Gasteiger partial charge in [-0.1, -0.05) is 6.92 Å². The van der Waals surface area contributed by atoms with Gasteiger partial charge in [0.15, 0.2) is 5.76 Å². The summed E-state index contributed by atoms with van der Waals surface area (Å²) in [5.41, 5.74) is 2.64. The molecule has 0 fully saturated rings. The standard InChI is InChI=1S/C18H15N3O2S/c1-3-15-20-13-8-9-24-17(13)16(21-15)18-19-10-14(23-18)11-4-6-12(22-2)7-5-11/h4-10H,3H2,1-2H3. The maximum absolute atomic E-state index is 5.97. The molecular weight excluding hydrogens is 322 g/mol. The highest BCUT2D eigenvalue weighted by atomic mass is 32.1. The van der Waals surface area contributed by atoms with Gasteiger partial charge in [-0.15, -0.1) is 11.3 Å². The van der Waals surface area contributed by atoms with Gasteiger partial charge < -0.3 is 9.15 Å². The van der Waals surface area contributed by atoms with Gasteiger partial charge in [-0.3, -0.25) is 0 Å². The molecule has 120 valence electrons. The van der Waals surface area contributed by atoms with Gasteiger partial charge in [0.05, 0.1) is 23.5 Å². The Kier molecular flexibility index (Phi) is 3.74. The Morgan fingerprint density at radius 1 is 1.12 bits per heavy atom. The van der Waals surface area contributed by atoms with Gasteiger partial charge in [0.25, 0.3) is 0 Å². The molecule has 4 aromatic rings. The zero-order valence-electron chi connectivity index (χ0n) is 13.3. The third-order valence-electron chi connectivity index (χ3n) is 3.75. The minimum absolute atomic E-state index is 0.519. The number of thiophene rings is 1. The third kappa shape index (κ3) is 2.55. The van der Waals surface area contributed by atoms with Gasteiger partial charge in [-0.2, -0.15) is 0 Å². The highest BCUT2D eigenvalue weighted by Gasteiger charge is 2.16. The molecule has 0 radical (unpaired) electrons. The molecule has 0 aliphatic heterocycles. The average molecular weight is 337 g/mol. The Morgan fingerprint density at radius 2 is 1.96 bits per heavy atom. The van der Waals surface area contributed by atoms with Crippen LogP contribution in [0.15, 0.2) is 46.3 Å². The minimum Gasteiger partial charge on any atom is -0.497 e. The number of benzene rings is 1. The van der Waals surface area contributed by atoms with Gasteiger partial charge in [0.2, 0.25) is 5.89 Å². The summed E-state index contributed by atoms with van der Waals surface area (Å²) in [5, 5.41) is 2.01. The van der Waals surface area contributed by atoms with Gasteiger partial charge in [0.1, 0.15) is 17.3 Å². The number of fused-ring (bicyclic) bond motifs is 1. The molecule has 1 aromatic carbocycles. The molecule has 0 aliphatic carbocycles. The summed E-state index contributed by atoms with van der Waals surface area (Å²) in [6.45, 7) is 2.04. The molecule has 0 N–H and O–H groups in total. The quantitative estimate of drug-likeness (QED) is 0.545. The summed E-state index contributed by atoms with van der Waals surface area (Å²) >= 11 is 1.60. The topological polar surface area (TPSA) is 61.0 Å². The van der Waals surface area contributed by atoms with Crippen LogP contribution in [-0.4, -0.2) is 22.1 Å². The molecule has 4 rings (SSSR count). The Hall–Kier alpha value is -2.73. The van der Waals surface area contributed by atoms with Crippen LogP contribution in [0.5, 0.6) is 5.75 Å². The number of rotatable bonds is 4. The highest BCUT2D eigenvalue weighted by Crippen LogP contribution is 2.32. The molecule has 0 atom stereocenters. The first kappa shape index (κ1) is 14.8. The lowest BCUT2D eigenvalue weighted by Crippen LogP contribution is -1.95. The molecule has 0 unspecified atom stereocenters. The molecule has 0 saturated carbocycles. The molecule has 6 heteroatoms. The van der Waals surface area contributed by atoms with E-state index < -0.39 is 0 Å². The summed E-state index contributed by atoms with van der Waals surface area (Å²) in [5.74, 6) is 2.82. The number of aromatic nitrogens is 3. The van der Waals surface area contributed by atoms with Crippen LogP contribution in [-0.2, 0) is 6.42 Å². The van der Waals surface area contributed by atoms with E-state index in [0.29, 0.717) is 11.7 Å². The van der Waals surface area contributed by atoms with E-state index >= 15 is 0 Å². The van der Waals surface area contributed by atoms with Crippen LogP contribution >= 0.6 is 11.3 Å². The fourth-order valence-electron chi connectivity index (χ4n) is 2.49. The molecule has 0 bridgehead atoms. The van der Waals surface area contributed by atoms with Crippen molar-refractivity contribution in [1.29, 1.82) is 0 Å². The summed E-state index contributed by atoms with van der Waals surface area (Å²) in [4.78, 5) is 13.6. The first-order chi connectivity index (χ1) is 11.8. The lowest BCUT2D eigenvalue weighted by molar-refractivity contribution is 0.415. The van der Waals surface area contributed by atoms with Crippen molar-refractivity contribution in [3.8, 4) is 28.7 Å². The van der Waals surface area contributed by atoms with Crippen molar-refractivity contribution in [1.82, 2.24) is 15.0 Å². The summed E-state index contributed by atoms with van der Waals surface area (Å²) in [7, 11) is 1.65. The second-order valence-corrected chi connectivity index (χ2v) is 6.15. The molecule has 0 aliphatic rings. The van der Waals surface area contributed by atoms with E-state index in [0.717, 1.165) is 39.5 Å². The van der Waals surface area contributed by atoms with E-state index in [2.05, 4.69) is 15.0 Å². The highest BCUT2D eigenvalue weighted by molar-refractivity contribution is 7.17. The largest absolute Gasteiger partial charge is 0.497 e. The van der Waals surface area contributed by atoms with E-state index in [-0.39, 0.29) is 0 Å². The lowest BCUT2D eigenvalue weighted by Gasteiger charge is -2.02. The third-order valence-corrected chi connectivity index (χ3v) is 4.66. The Bertz CT molecular complexity index is 989. The fourth-order valence-corrected chi connectivity index (χ4v) is 3.30. The van der Waals surface area contributed by atoms with Crippen molar-refractivity contribution in [3.05, 3.63) is 47.7 Å². The van der Waals surface area contributed by atoms with Gasteiger partial charge in [-0.05, 0) is 35.7 Å². The summed E-state index contributed by atoms with van der Waals surface area (Å²) < 4.78 is 12.1. The average Bonchev–Trinajstić information content (AvgIpc) is 3.30. The van der Waals surface area contributed by atoms with Crippen LogP contribution in [0.4, 0.5) is 0 Å². The molecular formula is C18H15N3O2S. The number of ether oxygens (including phenoxy) is 1. The maximum Gasteiger partial charge on any atom is 0.247 e. The zero-order valence-corrected chi connectivity index (χ0v) is 14.1. The van der Waals surface area contributed by atoms with Crippen molar-refractivity contribution < 1.29 is 9.15 Å². The summed E-state index contributed by atoms with van der Waals surface area (Å²) in [6.07, 6.45) is 2.50. The van der Waals surface area contributed by atoms with Crippen molar-refractivity contribution in [3.63, 3.8) is 0 Å². The van der Waals surface area contributed by atoms with Gasteiger partial charge >= 0.3 is 0 Å². The molecule has 24 heavy (non-hydrogen) atoms. The smallest absolute Gasteiger partial charge is 0.247 e. The van der Waals surface area contributed by atoms with Crippen LogP contribution in [0.2, 0.25) is 0 Å². The Balaban J connectivity index is 1.78. The molecule has 0 saturated heterocycles. The second-order valence-electron chi connectivity index (χ2n) is 5.24. The first-order valence-corrected chi connectivity index (χ1v) is 8.51. The predicted octanol–water partition coefficient (Wildman–Crippen LogP) is 4.58. The molecule has 5 nitrogen and oxygen atoms in total. The molecule has 0 amide bonds. The number of aryl methyl sites for hydroxylation is 1. The maximum atomic E-state index is 5.97. The van der Waals surface area contributed by atoms with E-state index in [1.54, 1.807) is 24.6 Å². The Labute approximate surface area is 143 Å². The van der Waals surface area contributed by atoms with E-state index in [9.17, 15) is 0 Å². The van der Waals surface area contributed by atoms with Gasteiger partial charge in [0, 0.05) is 12.0 Å². The predicted molar refractivity (Wildman–Crippen MR) is 94.3 cm³/mol. The molecule has 3 aromatic heterocycles. The van der Waals surface area contributed by atoms with Crippen LogP contribution in [0.3, 0.4) is 0 Å². The first-order valence-electron chi connectivity index (χ1n) is 7.63. The van der Waals surface area contributed by atoms with Crippen molar-refractivity contribution in [2.45, 2.75) is 13.3 Å². The number of methoxy groups -OCH3 is 1. The van der Waals surface area contributed by atoms with Crippen LogP contribution in [0.25, 0.3) is 33.1 Å². The number of nitrogens with zero attached hydrogens (tertiary/aromatic N) is 3. The number of hydrogen-bond donors (Lipinski definition) is 0. The Morgan fingerprint density at radius 3 is 2.71 bits per heavy atom. The number of hydrogen-bond acceptors (Lipinski definition) is 6. The zero-order chi connectivity index (χ0) is 16.5. The van der Waals surface area contributed by atoms with Crippen LogP contribution in [0, 0.1) is 0 Å². The number of oxazole rings is 1. The van der Waals surface area contributed by atoms with Crippen LogP contribution in [0.1, 0.15) is 12.7 Å². The second kappa shape index (κ2) is 6.05. The van der Waals surface area contributed by atoms with E-state index in [4.69, 9.17) is 9.15 Å². The lowest BCUT2D eigenvalue weighted by atomic mass is 10.2. The monoisotopic (exact) mass is 337 g/mol. The molecule has 0 spiro atoms. The minimum atomic E-state index is 0.519. The fraction of sp³-hybridized carbons (Fsp3) is 0.167. The van der Waals surface area contributed by atoms with Crippen molar-refractivity contribution in [2.24, 2.45) is 0 Å². The van der Waals surface area contributed by atoms with Crippen LogP contribution < -0.4 is 4.74 Å². The summed E-state index contributed by atoms with van der Waals surface area (Å²) in [6, 6.07) is 9.68. The van der Waals surface area contributed by atoms with Crippen molar-refractivity contribution >= 4 is 21.6 Å². The normalized spacial score (nSPS) is 11.1.